The van der Waals surface area contributed by atoms with E-state index in [0.29, 0.717) is 33.0 Å². The number of fused-ring (bicyclic) bond motifs is 1. The fraction of sp³-hybridized carbons (Fsp3) is 0. The molecule has 0 bridgehead atoms. The molecule has 2 aromatic carbocycles. The number of nitrogens with zero attached hydrogens (tertiary/aromatic N) is 3. The van der Waals surface area contributed by atoms with Crippen molar-refractivity contribution in [2.45, 2.75) is 0 Å². The predicted octanol–water partition coefficient (Wildman–Crippen LogP) is 4.19. The smallest absolute Gasteiger partial charge is 0.270 e. The second-order valence-electron chi connectivity index (χ2n) is 5.92. The quantitative estimate of drug-likeness (QED) is 0.289. The minimum absolute atomic E-state index is 0.0935. The number of aromatic amines is 1. The number of hydrazone groups is 1. The number of hydrogen-bond donors (Lipinski definition) is 2. The van der Waals surface area contributed by atoms with Crippen LogP contribution in [0.4, 0.5) is 11.6 Å². The molecule has 9 nitrogen and oxygen atoms in total. The van der Waals surface area contributed by atoms with Gasteiger partial charge < -0.3 is 4.42 Å². The van der Waals surface area contributed by atoms with Crippen molar-refractivity contribution >= 4 is 40.4 Å². The van der Waals surface area contributed by atoms with Gasteiger partial charge in [-0.2, -0.15) is 5.10 Å². The number of non-ortho nitro benzene ring substituents is 1. The van der Waals surface area contributed by atoms with Gasteiger partial charge in [-0.25, -0.2) is 10.4 Å². The third-order valence-corrected chi connectivity index (χ3v) is 4.36. The van der Waals surface area contributed by atoms with E-state index in [-0.39, 0.29) is 17.2 Å². The van der Waals surface area contributed by atoms with Crippen LogP contribution in [0.5, 0.6) is 0 Å². The molecule has 29 heavy (non-hydrogen) atoms. The lowest BCUT2D eigenvalue weighted by Crippen LogP contribution is -2.10. The Morgan fingerprint density at radius 2 is 2.03 bits per heavy atom. The standard InChI is InChI=1S/C19H12ClN5O4/c20-15-7-5-11(25(27)28)9-14(15)17-8-6-12(29-17)10-21-24-19-22-16-4-2-1-3-13(16)18(26)23-19/h1-10H,(H2,22,23,24,26)/b21-10-. The van der Waals surface area contributed by atoms with E-state index < -0.39 is 4.92 Å². The third-order valence-electron chi connectivity index (χ3n) is 4.03. The zero-order chi connectivity index (χ0) is 20.4. The summed E-state index contributed by atoms with van der Waals surface area (Å²) in [6.07, 6.45) is 1.38. The molecule has 0 unspecified atom stereocenters. The minimum Gasteiger partial charge on any atom is -0.455 e. The molecule has 0 aliphatic heterocycles. The van der Waals surface area contributed by atoms with Crippen LogP contribution in [0.25, 0.3) is 22.2 Å². The van der Waals surface area contributed by atoms with Gasteiger partial charge in [0, 0.05) is 17.7 Å². The van der Waals surface area contributed by atoms with Gasteiger partial charge in [0.05, 0.1) is 27.1 Å². The summed E-state index contributed by atoms with van der Waals surface area (Å²) in [5, 5.41) is 15.7. The van der Waals surface area contributed by atoms with Crippen molar-refractivity contribution < 1.29 is 9.34 Å². The summed E-state index contributed by atoms with van der Waals surface area (Å²) in [7, 11) is 0. The second kappa shape index (κ2) is 7.56. The van der Waals surface area contributed by atoms with Gasteiger partial charge in [-0.1, -0.05) is 23.7 Å². The predicted molar refractivity (Wildman–Crippen MR) is 109 cm³/mol. The third kappa shape index (κ3) is 3.85. The van der Waals surface area contributed by atoms with Crippen LogP contribution in [0.3, 0.4) is 0 Å². The fourth-order valence-corrected chi connectivity index (χ4v) is 2.89. The lowest BCUT2D eigenvalue weighted by Gasteiger charge is -2.01. The minimum atomic E-state index is -0.508. The number of anilines is 1. The first-order chi connectivity index (χ1) is 14.0. The van der Waals surface area contributed by atoms with E-state index in [4.69, 9.17) is 16.0 Å². The number of nitro benzene ring substituents is 1. The van der Waals surface area contributed by atoms with E-state index in [0.717, 1.165) is 0 Å². The first-order valence-corrected chi connectivity index (χ1v) is 8.71. The number of nitro groups is 1. The Kier molecular flexibility index (Phi) is 4.80. The normalized spacial score (nSPS) is 11.2. The molecule has 0 saturated carbocycles. The number of hydrogen-bond acceptors (Lipinski definition) is 7. The number of para-hydroxylation sites is 1. The highest BCUT2D eigenvalue weighted by Gasteiger charge is 2.14. The van der Waals surface area contributed by atoms with Crippen molar-refractivity contribution in [3.63, 3.8) is 0 Å². The molecule has 2 aromatic heterocycles. The molecule has 0 fully saturated rings. The van der Waals surface area contributed by atoms with Crippen LogP contribution in [0.1, 0.15) is 5.76 Å². The maximum Gasteiger partial charge on any atom is 0.270 e. The Morgan fingerprint density at radius 1 is 1.21 bits per heavy atom. The summed E-state index contributed by atoms with van der Waals surface area (Å²) in [4.78, 5) is 29.3. The average Bonchev–Trinajstić information content (AvgIpc) is 3.17. The van der Waals surface area contributed by atoms with Crippen LogP contribution in [0.15, 0.2) is 68.9 Å². The van der Waals surface area contributed by atoms with E-state index >= 15 is 0 Å². The monoisotopic (exact) mass is 409 g/mol. The summed E-state index contributed by atoms with van der Waals surface area (Å²) in [6.45, 7) is 0. The van der Waals surface area contributed by atoms with Crippen molar-refractivity contribution in [3.8, 4) is 11.3 Å². The molecular weight excluding hydrogens is 398 g/mol. The molecule has 4 aromatic rings. The molecule has 0 aliphatic rings. The average molecular weight is 410 g/mol. The lowest BCUT2D eigenvalue weighted by atomic mass is 10.1. The summed E-state index contributed by atoms with van der Waals surface area (Å²) in [6, 6.07) is 14.3. The van der Waals surface area contributed by atoms with Crippen LogP contribution in [0.2, 0.25) is 5.02 Å². The molecule has 0 radical (unpaired) electrons. The Bertz CT molecular complexity index is 1310. The first-order valence-electron chi connectivity index (χ1n) is 8.33. The van der Waals surface area contributed by atoms with Crippen LogP contribution in [-0.4, -0.2) is 21.1 Å². The first kappa shape index (κ1) is 18.4. The van der Waals surface area contributed by atoms with Crippen molar-refractivity contribution in [2.75, 3.05) is 5.43 Å². The molecule has 10 heteroatoms. The number of halogens is 1. The number of aromatic nitrogens is 2. The van der Waals surface area contributed by atoms with Gasteiger partial charge in [-0.05, 0) is 30.3 Å². The molecule has 4 rings (SSSR count). The second-order valence-corrected chi connectivity index (χ2v) is 6.33. The van der Waals surface area contributed by atoms with E-state index in [1.807, 2.05) is 0 Å². The summed E-state index contributed by atoms with van der Waals surface area (Å²) in [5.74, 6) is 0.911. The lowest BCUT2D eigenvalue weighted by molar-refractivity contribution is -0.384. The van der Waals surface area contributed by atoms with Gasteiger partial charge in [-0.3, -0.25) is 19.9 Å². The number of benzene rings is 2. The van der Waals surface area contributed by atoms with E-state index in [1.165, 1.54) is 24.4 Å². The molecule has 0 saturated heterocycles. The molecule has 2 N–H and O–H groups in total. The van der Waals surface area contributed by atoms with Crippen LogP contribution >= 0.6 is 11.6 Å². The summed E-state index contributed by atoms with van der Waals surface area (Å²) in [5.41, 5.74) is 3.19. The maximum atomic E-state index is 12.0. The topological polar surface area (TPSA) is 126 Å². The largest absolute Gasteiger partial charge is 0.455 e. The summed E-state index contributed by atoms with van der Waals surface area (Å²) >= 11 is 6.12. The highest BCUT2D eigenvalue weighted by Crippen LogP contribution is 2.32. The Morgan fingerprint density at radius 3 is 2.86 bits per heavy atom. The van der Waals surface area contributed by atoms with Crippen molar-refractivity contribution in [1.29, 1.82) is 0 Å². The molecule has 2 heterocycles. The van der Waals surface area contributed by atoms with Crippen molar-refractivity contribution in [3.05, 3.63) is 85.8 Å². The van der Waals surface area contributed by atoms with Crippen molar-refractivity contribution in [2.24, 2.45) is 5.10 Å². The molecule has 144 valence electrons. The number of nitrogens with one attached hydrogen (secondary N) is 2. The zero-order valence-corrected chi connectivity index (χ0v) is 15.4. The van der Waals surface area contributed by atoms with Gasteiger partial charge in [0.1, 0.15) is 11.5 Å². The number of furan rings is 1. The van der Waals surface area contributed by atoms with Crippen LogP contribution in [-0.2, 0) is 0 Å². The van der Waals surface area contributed by atoms with Gasteiger partial charge >= 0.3 is 0 Å². The van der Waals surface area contributed by atoms with E-state index in [9.17, 15) is 14.9 Å². The van der Waals surface area contributed by atoms with Gasteiger partial charge in [0.2, 0.25) is 5.95 Å². The van der Waals surface area contributed by atoms with Gasteiger partial charge in [0.15, 0.2) is 0 Å². The van der Waals surface area contributed by atoms with E-state index in [2.05, 4.69) is 20.5 Å². The molecular formula is C19H12ClN5O4. The van der Waals surface area contributed by atoms with Gasteiger partial charge in [-0.15, -0.1) is 0 Å². The van der Waals surface area contributed by atoms with E-state index in [1.54, 1.807) is 36.4 Å². The molecule has 0 amide bonds. The number of rotatable bonds is 5. The fourth-order valence-electron chi connectivity index (χ4n) is 2.68. The SMILES string of the molecule is O=c1[nH]c(N/N=C\c2ccc(-c3cc([N+](=O)[O-])ccc3Cl)o2)nc2ccccc12. The highest BCUT2D eigenvalue weighted by molar-refractivity contribution is 6.33. The Hall–Kier alpha value is -3.98. The molecule has 0 spiro atoms. The van der Waals surface area contributed by atoms with Crippen molar-refractivity contribution in [1.82, 2.24) is 9.97 Å². The zero-order valence-electron chi connectivity index (χ0n) is 14.6. The molecule has 0 aliphatic carbocycles. The van der Waals surface area contributed by atoms with Crippen LogP contribution < -0.4 is 11.0 Å². The summed E-state index contributed by atoms with van der Waals surface area (Å²) < 4.78 is 5.63. The van der Waals surface area contributed by atoms with Gasteiger partial charge in [0.25, 0.3) is 11.2 Å². The molecule has 0 atom stereocenters. The Labute approximate surface area is 167 Å². The highest BCUT2D eigenvalue weighted by atomic mass is 35.5. The maximum absolute atomic E-state index is 12.0. The van der Waals surface area contributed by atoms with Crippen LogP contribution in [0, 0.1) is 10.1 Å². The Balaban J connectivity index is 1.54. The number of H-pyrrole nitrogens is 1.